The van der Waals surface area contributed by atoms with Crippen LogP contribution in [0.1, 0.15) is 88.7 Å². The van der Waals surface area contributed by atoms with Crippen molar-refractivity contribution in [3.05, 3.63) is 131 Å². The normalized spacial score (nSPS) is 16.2. The van der Waals surface area contributed by atoms with Gasteiger partial charge in [0.05, 0.1) is 34.2 Å². The highest BCUT2D eigenvalue weighted by Crippen LogP contribution is 2.36. The summed E-state index contributed by atoms with van der Waals surface area (Å²) in [6, 6.07) is 36.1. The molecule has 2 heterocycles. The Bertz CT molecular complexity index is 2280. The fourth-order valence-electron chi connectivity index (χ4n) is 8.08. The van der Waals surface area contributed by atoms with Crippen LogP contribution >= 0.6 is 0 Å². The zero-order valence-corrected chi connectivity index (χ0v) is 33.0. The molecule has 286 valence electrons. The van der Waals surface area contributed by atoms with E-state index in [1.807, 2.05) is 102 Å². The van der Waals surface area contributed by atoms with Crippen molar-refractivity contribution in [2.45, 2.75) is 90.4 Å². The largest absolute Gasteiger partial charge is 0.363 e. The number of fused-ring (bicyclic) bond motifs is 4. The number of aryl methyl sites for hydroxylation is 2. The molecule has 0 radical (unpaired) electrons. The maximum Gasteiger partial charge on any atom is 0.341 e. The van der Waals surface area contributed by atoms with Crippen LogP contribution in [0.3, 0.4) is 0 Å². The molecule has 56 heavy (non-hydrogen) atoms. The van der Waals surface area contributed by atoms with Crippen molar-refractivity contribution in [1.29, 1.82) is 0 Å². The lowest BCUT2D eigenvalue weighted by Crippen LogP contribution is -2.65. The topological polar surface area (TPSA) is 115 Å². The van der Waals surface area contributed by atoms with Crippen LogP contribution in [0, 0.1) is 0 Å². The number of aromatic nitrogens is 2. The van der Waals surface area contributed by atoms with Crippen LogP contribution in [0.2, 0.25) is 0 Å². The first kappa shape index (κ1) is 36.8. The van der Waals surface area contributed by atoms with Gasteiger partial charge in [-0.1, -0.05) is 48.5 Å². The van der Waals surface area contributed by atoms with E-state index in [-0.39, 0.29) is 12.1 Å². The van der Waals surface area contributed by atoms with Crippen LogP contribution in [0.15, 0.2) is 109 Å². The van der Waals surface area contributed by atoms with Gasteiger partial charge in [0.2, 0.25) is 0 Å². The van der Waals surface area contributed by atoms with Crippen LogP contribution in [0.25, 0.3) is 21.8 Å². The maximum absolute atomic E-state index is 14.2. The first-order chi connectivity index (χ1) is 26.8. The minimum atomic E-state index is -0.761. The van der Waals surface area contributed by atoms with Crippen molar-refractivity contribution in [2.75, 3.05) is 21.3 Å². The van der Waals surface area contributed by atoms with Gasteiger partial charge in [0.1, 0.15) is 11.6 Å². The molecule has 0 spiro atoms. The highest BCUT2D eigenvalue weighted by Gasteiger charge is 2.41. The van der Waals surface area contributed by atoms with Crippen molar-refractivity contribution in [2.24, 2.45) is 0 Å². The predicted molar refractivity (Wildman–Crippen MR) is 227 cm³/mol. The molecule has 8 rings (SSSR count). The quantitative estimate of drug-likeness (QED) is 0.126. The van der Waals surface area contributed by atoms with E-state index >= 15 is 0 Å². The second kappa shape index (κ2) is 14.5. The highest BCUT2D eigenvalue weighted by atomic mass is 16.2. The Balaban J connectivity index is 0.970. The second-order valence-corrected chi connectivity index (χ2v) is 16.9. The number of hydrogen-bond donors (Lipinski definition) is 4. The molecule has 4 aromatic carbocycles. The fourth-order valence-corrected chi connectivity index (χ4v) is 8.08. The van der Waals surface area contributed by atoms with E-state index in [1.165, 1.54) is 32.3 Å². The number of rotatable bonds is 6. The van der Waals surface area contributed by atoms with Crippen molar-refractivity contribution in [3.8, 4) is 0 Å². The summed E-state index contributed by atoms with van der Waals surface area (Å²) in [5.74, 6) is 1.63. The van der Waals surface area contributed by atoms with Crippen LogP contribution in [-0.4, -0.2) is 43.1 Å². The van der Waals surface area contributed by atoms with Crippen LogP contribution < -0.4 is 21.3 Å². The SMILES string of the molecule is CC(C)(C)N(C(=O)Nc1ccc2nc(N[C@@H]3CCc4ccccc43)ccc2c1)N(C(=O)Nc1ccc2nc(N[C@@H]3CCc4ccccc43)ccc2c1)C(C)(C)C. The van der Waals surface area contributed by atoms with Crippen LogP contribution in [-0.2, 0) is 12.8 Å². The van der Waals surface area contributed by atoms with Crippen molar-refractivity contribution < 1.29 is 9.59 Å². The fraction of sp³-hybridized carbons (Fsp3) is 0.304. The number of nitrogens with zero attached hydrogens (tertiary/aromatic N) is 4. The molecule has 10 heteroatoms. The zero-order chi connectivity index (χ0) is 39.2. The molecule has 2 aliphatic rings. The van der Waals surface area contributed by atoms with Crippen LogP contribution in [0.4, 0.5) is 32.6 Å². The molecular weight excluding hydrogens is 697 g/mol. The van der Waals surface area contributed by atoms with Gasteiger partial charge in [0.15, 0.2) is 0 Å². The number of hydrogen-bond acceptors (Lipinski definition) is 6. The third kappa shape index (κ3) is 7.56. The molecule has 0 fully saturated rings. The Kier molecular flexibility index (Phi) is 9.52. The second-order valence-electron chi connectivity index (χ2n) is 16.9. The first-order valence-corrected chi connectivity index (χ1v) is 19.5. The molecule has 6 aromatic rings. The average molecular weight is 747 g/mol. The van der Waals surface area contributed by atoms with E-state index in [0.717, 1.165) is 59.1 Å². The highest BCUT2D eigenvalue weighted by molar-refractivity contribution is 5.97. The molecule has 0 unspecified atom stereocenters. The molecule has 2 aliphatic carbocycles. The number of amides is 4. The molecule has 0 bridgehead atoms. The standard InChI is InChI=1S/C46H50N8O2/c1-45(2,3)53(43(55)47-33-19-23-37-31(27-33)17-25-41(49-37)51-39-21-15-29-11-7-9-13-35(29)39)54(46(4,5)6)44(56)48-34-20-24-38-32(28-34)18-26-42(50-38)52-40-22-16-30-12-8-10-14-36(30)40/h7-14,17-20,23-28,39-40H,15-16,21-22H2,1-6H3,(H,47,55)(H,48,56)(H,49,51)(H,50,52)/t39-,40-/m1/s1. The summed E-state index contributed by atoms with van der Waals surface area (Å²) < 4.78 is 0. The Morgan fingerprint density at radius 3 is 1.38 bits per heavy atom. The smallest absolute Gasteiger partial charge is 0.341 e. The van der Waals surface area contributed by atoms with Gasteiger partial charge in [-0.15, -0.1) is 0 Å². The Morgan fingerprint density at radius 2 is 0.964 bits per heavy atom. The molecule has 0 aliphatic heterocycles. The van der Waals surface area contributed by atoms with Gasteiger partial charge >= 0.3 is 12.1 Å². The lowest BCUT2D eigenvalue weighted by atomic mass is 10.0. The monoisotopic (exact) mass is 746 g/mol. The molecule has 2 aromatic heterocycles. The summed E-state index contributed by atoms with van der Waals surface area (Å²) in [7, 11) is 0. The first-order valence-electron chi connectivity index (χ1n) is 19.5. The Hall–Kier alpha value is -6.16. The lowest BCUT2D eigenvalue weighted by molar-refractivity contribution is -0.0568. The van der Waals surface area contributed by atoms with E-state index in [1.54, 1.807) is 0 Å². The molecule has 4 N–H and O–H groups in total. The van der Waals surface area contributed by atoms with Crippen molar-refractivity contribution in [3.63, 3.8) is 0 Å². The summed E-state index contributed by atoms with van der Waals surface area (Å²) in [6.45, 7) is 11.5. The van der Waals surface area contributed by atoms with Gasteiger partial charge in [0, 0.05) is 22.1 Å². The minimum Gasteiger partial charge on any atom is -0.363 e. The third-order valence-corrected chi connectivity index (χ3v) is 10.6. The van der Waals surface area contributed by atoms with Gasteiger partial charge in [-0.05, 0) is 150 Å². The molecule has 4 amide bonds. The third-order valence-electron chi connectivity index (χ3n) is 10.6. The number of anilines is 4. The Labute approximate surface area is 328 Å². The van der Waals surface area contributed by atoms with Gasteiger partial charge in [-0.2, -0.15) is 0 Å². The number of pyridine rings is 2. The van der Waals surface area contributed by atoms with Crippen LogP contribution in [0.5, 0.6) is 0 Å². The summed E-state index contributed by atoms with van der Waals surface area (Å²) in [6.07, 6.45) is 4.18. The van der Waals surface area contributed by atoms with Crippen molar-refractivity contribution in [1.82, 2.24) is 20.0 Å². The molecule has 0 saturated carbocycles. The number of urea groups is 2. The average Bonchev–Trinajstić information content (AvgIpc) is 3.76. The maximum atomic E-state index is 14.2. The minimum absolute atomic E-state index is 0.232. The van der Waals surface area contributed by atoms with Gasteiger partial charge in [-0.25, -0.2) is 29.6 Å². The number of nitrogens with one attached hydrogen (secondary N) is 4. The number of hydrazine groups is 1. The van der Waals surface area contributed by atoms with Crippen molar-refractivity contribution >= 4 is 56.9 Å². The number of benzene rings is 4. The summed E-state index contributed by atoms with van der Waals surface area (Å²) >= 11 is 0. The summed E-state index contributed by atoms with van der Waals surface area (Å²) in [5.41, 5.74) is 6.76. The van der Waals surface area contributed by atoms with E-state index in [0.29, 0.717) is 11.4 Å². The molecular formula is C46H50N8O2. The van der Waals surface area contributed by atoms with E-state index < -0.39 is 23.1 Å². The Morgan fingerprint density at radius 1 is 0.554 bits per heavy atom. The molecule has 0 saturated heterocycles. The van der Waals surface area contributed by atoms with Gasteiger partial charge < -0.3 is 21.3 Å². The summed E-state index contributed by atoms with van der Waals surface area (Å²) in [5, 5.41) is 18.1. The zero-order valence-electron chi connectivity index (χ0n) is 33.0. The van der Waals surface area contributed by atoms with E-state index in [9.17, 15) is 9.59 Å². The number of carbonyl (C=O) groups excluding carboxylic acids is 2. The van der Waals surface area contributed by atoms with Gasteiger partial charge in [0.25, 0.3) is 0 Å². The molecule has 2 atom stereocenters. The lowest BCUT2D eigenvalue weighted by Gasteiger charge is -2.48. The summed E-state index contributed by atoms with van der Waals surface area (Å²) in [4.78, 5) is 38.2. The van der Waals surface area contributed by atoms with E-state index in [2.05, 4.69) is 69.8 Å². The number of carbonyl (C=O) groups is 2. The molecule has 10 nitrogen and oxygen atoms in total. The van der Waals surface area contributed by atoms with Gasteiger partial charge in [-0.3, -0.25) is 0 Å². The predicted octanol–water partition coefficient (Wildman–Crippen LogP) is 10.9. The van der Waals surface area contributed by atoms with E-state index in [4.69, 9.17) is 9.97 Å².